The molecular formula is C12H19NOS2. The molecule has 0 aromatic carbocycles. The summed E-state index contributed by atoms with van der Waals surface area (Å²) < 4.78 is 0. The van der Waals surface area contributed by atoms with Crippen LogP contribution in [-0.2, 0) is 4.79 Å². The van der Waals surface area contributed by atoms with E-state index < -0.39 is 0 Å². The molecule has 3 unspecified atom stereocenters. The minimum Gasteiger partial charge on any atom is -0.355 e. The Morgan fingerprint density at radius 2 is 2.00 bits per heavy atom. The van der Waals surface area contributed by atoms with Crippen molar-refractivity contribution in [2.75, 3.05) is 23.8 Å². The Morgan fingerprint density at radius 1 is 1.19 bits per heavy atom. The van der Waals surface area contributed by atoms with E-state index in [-0.39, 0.29) is 0 Å². The number of amides is 1. The number of carbonyl (C=O) groups excluding carboxylic acids is 1. The van der Waals surface area contributed by atoms with Crippen LogP contribution < -0.4 is 5.32 Å². The van der Waals surface area contributed by atoms with Crippen molar-refractivity contribution in [2.45, 2.75) is 24.5 Å². The number of carbonyl (C=O) groups is 1. The highest BCUT2D eigenvalue weighted by Gasteiger charge is 2.47. The lowest BCUT2D eigenvalue weighted by Gasteiger charge is -2.22. The summed E-state index contributed by atoms with van der Waals surface area (Å²) in [6.45, 7) is 0.891. The van der Waals surface area contributed by atoms with Crippen LogP contribution in [0.2, 0.25) is 0 Å². The van der Waals surface area contributed by atoms with Gasteiger partial charge in [-0.05, 0) is 31.1 Å². The third kappa shape index (κ3) is 2.53. The smallest absolute Gasteiger partial charge is 0.223 e. The summed E-state index contributed by atoms with van der Waals surface area (Å²) in [5.74, 6) is 6.25. The fraction of sp³-hybridized carbons (Fsp3) is 0.917. The molecule has 0 aromatic rings. The highest BCUT2D eigenvalue weighted by Crippen LogP contribution is 2.54. The van der Waals surface area contributed by atoms with Gasteiger partial charge in [0.15, 0.2) is 0 Å². The number of nitrogens with one attached hydrogen (secondary N) is 1. The summed E-state index contributed by atoms with van der Waals surface area (Å²) in [5.41, 5.74) is 0. The van der Waals surface area contributed by atoms with Crippen LogP contribution >= 0.6 is 23.5 Å². The van der Waals surface area contributed by atoms with Gasteiger partial charge in [0, 0.05) is 35.0 Å². The van der Waals surface area contributed by atoms with E-state index in [1.165, 1.54) is 36.5 Å². The molecule has 3 rings (SSSR count). The Morgan fingerprint density at radius 3 is 2.69 bits per heavy atom. The molecule has 90 valence electrons. The zero-order valence-corrected chi connectivity index (χ0v) is 11.1. The van der Waals surface area contributed by atoms with Crippen molar-refractivity contribution < 1.29 is 4.79 Å². The maximum Gasteiger partial charge on any atom is 0.223 e. The first-order chi connectivity index (χ1) is 7.83. The van der Waals surface area contributed by atoms with Crippen LogP contribution in [0.3, 0.4) is 0 Å². The first-order valence-corrected chi connectivity index (χ1v) is 8.50. The van der Waals surface area contributed by atoms with Crippen molar-refractivity contribution in [2.24, 2.45) is 17.8 Å². The summed E-state index contributed by atoms with van der Waals surface area (Å²) in [6.07, 6.45) is 3.74. The maximum atomic E-state index is 11.9. The Balaban J connectivity index is 1.39. The van der Waals surface area contributed by atoms with Gasteiger partial charge in [0.2, 0.25) is 5.91 Å². The molecule has 1 heterocycles. The van der Waals surface area contributed by atoms with Crippen LogP contribution in [0, 0.1) is 17.8 Å². The summed E-state index contributed by atoms with van der Waals surface area (Å²) in [4.78, 5) is 11.9. The van der Waals surface area contributed by atoms with E-state index in [0.717, 1.165) is 18.4 Å². The van der Waals surface area contributed by atoms with Crippen LogP contribution in [0.25, 0.3) is 0 Å². The van der Waals surface area contributed by atoms with Crippen molar-refractivity contribution in [3.8, 4) is 0 Å². The van der Waals surface area contributed by atoms with E-state index in [1.54, 1.807) is 0 Å². The van der Waals surface area contributed by atoms with Crippen molar-refractivity contribution >= 4 is 29.4 Å². The van der Waals surface area contributed by atoms with Gasteiger partial charge < -0.3 is 5.32 Å². The Hall–Kier alpha value is 0.170. The second-order valence-corrected chi connectivity index (χ2v) is 7.80. The molecule has 2 nitrogen and oxygen atoms in total. The van der Waals surface area contributed by atoms with Crippen LogP contribution in [0.15, 0.2) is 0 Å². The normalized spacial score (nSPS) is 41.5. The average Bonchev–Trinajstić information content (AvgIpc) is 2.94. The Labute approximate surface area is 106 Å². The first-order valence-electron chi connectivity index (χ1n) is 6.30. The molecule has 0 aromatic heterocycles. The van der Waals surface area contributed by atoms with Gasteiger partial charge in [0.05, 0.1) is 0 Å². The van der Waals surface area contributed by atoms with Crippen molar-refractivity contribution in [1.82, 2.24) is 5.32 Å². The minimum absolute atomic E-state index is 0.336. The van der Waals surface area contributed by atoms with Crippen molar-refractivity contribution in [1.29, 1.82) is 0 Å². The maximum absolute atomic E-state index is 11.9. The second kappa shape index (κ2) is 4.81. The summed E-state index contributed by atoms with van der Waals surface area (Å²) in [7, 11) is 0. The highest BCUT2D eigenvalue weighted by atomic mass is 32.2. The molecule has 16 heavy (non-hydrogen) atoms. The second-order valence-electron chi connectivity index (χ2n) is 5.24. The molecule has 1 N–H and O–H groups in total. The van der Waals surface area contributed by atoms with Gasteiger partial charge in [0.1, 0.15) is 0 Å². The molecule has 1 aliphatic heterocycles. The Kier molecular flexibility index (Phi) is 3.39. The number of fused-ring (bicyclic) bond motifs is 1. The van der Waals surface area contributed by atoms with Crippen LogP contribution in [-0.4, -0.2) is 35.0 Å². The van der Waals surface area contributed by atoms with Gasteiger partial charge >= 0.3 is 0 Å². The lowest BCUT2D eigenvalue weighted by Crippen LogP contribution is -2.36. The fourth-order valence-corrected chi connectivity index (χ4v) is 5.55. The predicted octanol–water partition coefficient (Wildman–Crippen LogP) is 2.00. The number of hydrogen-bond acceptors (Lipinski definition) is 3. The largest absolute Gasteiger partial charge is 0.355 e. The number of thioether (sulfide) groups is 2. The minimum atomic E-state index is 0.336. The lowest BCUT2D eigenvalue weighted by atomic mass is 10.0. The lowest BCUT2D eigenvalue weighted by molar-refractivity contribution is -0.125. The molecule has 3 fully saturated rings. The molecule has 3 aliphatic rings. The fourth-order valence-electron chi connectivity index (χ4n) is 2.94. The number of hydrogen-bond donors (Lipinski definition) is 1. The van der Waals surface area contributed by atoms with E-state index >= 15 is 0 Å². The van der Waals surface area contributed by atoms with E-state index in [1.807, 2.05) is 23.5 Å². The first kappa shape index (κ1) is 11.3. The molecule has 3 atom stereocenters. The van der Waals surface area contributed by atoms with E-state index in [9.17, 15) is 4.79 Å². The molecule has 0 bridgehead atoms. The molecule has 1 saturated heterocycles. The molecule has 1 amide bonds. The van der Waals surface area contributed by atoms with Gasteiger partial charge in [-0.15, -0.1) is 0 Å². The van der Waals surface area contributed by atoms with E-state index in [4.69, 9.17) is 0 Å². The SMILES string of the molecule is O=C(NCC1CSCCS1)C1CC2CC2C1. The van der Waals surface area contributed by atoms with Gasteiger partial charge in [-0.1, -0.05) is 0 Å². The topological polar surface area (TPSA) is 29.1 Å². The molecule has 0 radical (unpaired) electrons. The Bertz CT molecular complexity index is 268. The van der Waals surface area contributed by atoms with Gasteiger partial charge in [0.25, 0.3) is 0 Å². The van der Waals surface area contributed by atoms with Crippen molar-refractivity contribution in [3.05, 3.63) is 0 Å². The van der Waals surface area contributed by atoms with Gasteiger partial charge in [-0.3, -0.25) is 4.79 Å². The van der Waals surface area contributed by atoms with Gasteiger partial charge in [-0.25, -0.2) is 0 Å². The average molecular weight is 257 g/mol. The standard InChI is InChI=1S/C12H19NOS2/c14-12(10-4-8-3-9(8)5-10)13-6-11-7-15-1-2-16-11/h8-11H,1-7H2,(H,13,14). The summed E-state index contributed by atoms with van der Waals surface area (Å²) >= 11 is 4.04. The zero-order chi connectivity index (χ0) is 11.0. The quantitative estimate of drug-likeness (QED) is 0.838. The predicted molar refractivity (Wildman–Crippen MR) is 70.9 cm³/mol. The molecule has 0 spiro atoms. The van der Waals surface area contributed by atoms with E-state index in [0.29, 0.717) is 17.1 Å². The van der Waals surface area contributed by atoms with Crippen LogP contribution in [0.5, 0.6) is 0 Å². The zero-order valence-electron chi connectivity index (χ0n) is 9.48. The molecular weight excluding hydrogens is 238 g/mol. The van der Waals surface area contributed by atoms with Crippen LogP contribution in [0.4, 0.5) is 0 Å². The van der Waals surface area contributed by atoms with E-state index in [2.05, 4.69) is 5.32 Å². The molecule has 2 aliphatic carbocycles. The molecule has 4 heteroatoms. The summed E-state index contributed by atoms with van der Waals surface area (Å²) in [6, 6.07) is 0. The van der Waals surface area contributed by atoms with Crippen molar-refractivity contribution in [3.63, 3.8) is 0 Å². The monoisotopic (exact) mass is 257 g/mol. The van der Waals surface area contributed by atoms with Gasteiger partial charge in [-0.2, -0.15) is 23.5 Å². The third-order valence-electron chi connectivity index (χ3n) is 4.00. The third-order valence-corrected chi connectivity index (χ3v) is 6.85. The number of rotatable bonds is 3. The summed E-state index contributed by atoms with van der Waals surface area (Å²) in [5, 5.41) is 3.81. The van der Waals surface area contributed by atoms with Crippen LogP contribution in [0.1, 0.15) is 19.3 Å². The highest BCUT2D eigenvalue weighted by molar-refractivity contribution is 8.06. The molecule has 2 saturated carbocycles.